The van der Waals surface area contributed by atoms with Gasteiger partial charge in [0.15, 0.2) is 0 Å². The van der Waals surface area contributed by atoms with E-state index in [1.165, 1.54) is 0 Å². The summed E-state index contributed by atoms with van der Waals surface area (Å²) in [6.45, 7) is 7.02. The minimum Gasteiger partial charge on any atom is -0.492 e. The summed E-state index contributed by atoms with van der Waals surface area (Å²) in [6, 6.07) is 5.74. The van der Waals surface area contributed by atoms with E-state index in [9.17, 15) is 0 Å². The Morgan fingerprint density at radius 1 is 1.24 bits per heavy atom. The fourth-order valence-electron chi connectivity index (χ4n) is 1.48. The highest BCUT2D eigenvalue weighted by molar-refractivity contribution is 5.61. The van der Waals surface area contributed by atoms with E-state index in [1.54, 1.807) is 0 Å². The van der Waals surface area contributed by atoms with Gasteiger partial charge in [-0.15, -0.1) is 0 Å². The van der Waals surface area contributed by atoms with Gasteiger partial charge < -0.3 is 20.5 Å². The molecule has 0 aliphatic carbocycles. The van der Waals surface area contributed by atoms with E-state index in [-0.39, 0.29) is 0 Å². The van der Waals surface area contributed by atoms with Crippen molar-refractivity contribution in [1.29, 1.82) is 0 Å². The highest BCUT2D eigenvalue weighted by Crippen LogP contribution is 2.25. The van der Waals surface area contributed by atoms with Crippen LogP contribution in [0, 0.1) is 0 Å². The van der Waals surface area contributed by atoms with Gasteiger partial charge in [-0.2, -0.15) is 0 Å². The molecule has 0 fully saturated rings. The highest BCUT2D eigenvalue weighted by Gasteiger charge is 2.01. The molecule has 1 rings (SSSR count). The second-order valence-corrected chi connectivity index (χ2v) is 3.66. The van der Waals surface area contributed by atoms with Gasteiger partial charge in [-0.3, -0.25) is 0 Å². The summed E-state index contributed by atoms with van der Waals surface area (Å²) in [4.78, 5) is 0. The molecule has 4 nitrogen and oxygen atoms in total. The Bertz CT molecular complexity index is 329. The van der Waals surface area contributed by atoms with Crippen LogP contribution in [0.2, 0.25) is 0 Å². The second-order valence-electron chi connectivity index (χ2n) is 3.66. The molecule has 0 amide bonds. The zero-order valence-electron chi connectivity index (χ0n) is 10.7. The number of nitrogen functional groups attached to an aromatic ring is 1. The SMILES string of the molecule is CCOCCCNc1ccc(N)c(OCC)c1. The first-order valence-electron chi connectivity index (χ1n) is 6.11. The van der Waals surface area contributed by atoms with Gasteiger partial charge in [-0.1, -0.05) is 0 Å². The minimum absolute atomic E-state index is 0.623. The first-order chi connectivity index (χ1) is 8.27. The zero-order chi connectivity index (χ0) is 12.5. The van der Waals surface area contributed by atoms with Crippen molar-refractivity contribution in [3.8, 4) is 5.75 Å². The number of nitrogens with one attached hydrogen (secondary N) is 1. The Kier molecular flexibility index (Phi) is 6.25. The molecule has 0 saturated heterocycles. The standard InChI is InChI=1S/C13H22N2O2/c1-3-16-9-5-8-15-11-6-7-12(14)13(10-11)17-4-2/h6-7,10,15H,3-5,8-9,14H2,1-2H3. The molecule has 0 aliphatic rings. The van der Waals surface area contributed by atoms with Crippen molar-refractivity contribution in [2.45, 2.75) is 20.3 Å². The fourth-order valence-corrected chi connectivity index (χ4v) is 1.48. The maximum Gasteiger partial charge on any atom is 0.144 e. The molecule has 0 saturated carbocycles. The molecule has 4 heteroatoms. The number of hydrogen-bond acceptors (Lipinski definition) is 4. The second kappa shape index (κ2) is 7.79. The Morgan fingerprint density at radius 2 is 2.06 bits per heavy atom. The average molecular weight is 238 g/mol. The van der Waals surface area contributed by atoms with E-state index in [0.29, 0.717) is 12.3 Å². The number of benzene rings is 1. The lowest BCUT2D eigenvalue weighted by molar-refractivity contribution is 0.147. The molecule has 0 unspecified atom stereocenters. The lowest BCUT2D eigenvalue weighted by Gasteiger charge is -2.11. The molecule has 0 aliphatic heterocycles. The fraction of sp³-hybridized carbons (Fsp3) is 0.538. The van der Waals surface area contributed by atoms with Crippen LogP contribution in [-0.4, -0.2) is 26.4 Å². The van der Waals surface area contributed by atoms with Gasteiger partial charge in [-0.05, 0) is 32.4 Å². The monoisotopic (exact) mass is 238 g/mol. The molecule has 0 bridgehead atoms. The van der Waals surface area contributed by atoms with Gasteiger partial charge in [0.25, 0.3) is 0 Å². The smallest absolute Gasteiger partial charge is 0.144 e. The van der Waals surface area contributed by atoms with E-state index in [1.807, 2.05) is 32.0 Å². The summed E-state index contributed by atoms with van der Waals surface area (Å²) in [5.41, 5.74) is 7.50. The van der Waals surface area contributed by atoms with E-state index in [2.05, 4.69) is 5.32 Å². The molecular weight excluding hydrogens is 216 g/mol. The van der Waals surface area contributed by atoms with Crippen LogP contribution < -0.4 is 15.8 Å². The Balaban J connectivity index is 2.40. The predicted octanol–water partition coefficient (Wildman–Crippen LogP) is 2.51. The number of rotatable bonds is 8. The van der Waals surface area contributed by atoms with Crippen molar-refractivity contribution in [3.05, 3.63) is 18.2 Å². The molecule has 0 spiro atoms. The van der Waals surface area contributed by atoms with Crippen molar-refractivity contribution >= 4 is 11.4 Å². The van der Waals surface area contributed by atoms with Gasteiger partial charge in [0.2, 0.25) is 0 Å². The van der Waals surface area contributed by atoms with E-state index in [4.69, 9.17) is 15.2 Å². The van der Waals surface area contributed by atoms with Crippen molar-refractivity contribution in [2.24, 2.45) is 0 Å². The van der Waals surface area contributed by atoms with Crippen LogP contribution in [-0.2, 0) is 4.74 Å². The molecule has 3 N–H and O–H groups in total. The Hall–Kier alpha value is -1.42. The van der Waals surface area contributed by atoms with Gasteiger partial charge in [0.1, 0.15) is 5.75 Å². The van der Waals surface area contributed by atoms with Crippen molar-refractivity contribution < 1.29 is 9.47 Å². The quantitative estimate of drug-likeness (QED) is 0.539. The van der Waals surface area contributed by atoms with Crippen LogP contribution in [0.15, 0.2) is 18.2 Å². The maximum absolute atomic E-state index is 5.80. The van der Waals surface area contributed by atoms with Crippen molar-refractivity contribution in [3.63, 3.8) is 0 Å². The molecule has 0 aromatic heterocycles. The number of nitrogens with two attached hydrogens (primary N) is 1. The molecule has 0 radical (unpaired) electrons. The average Bonchev–Trinajstić information content (AvgIpc) is 2.33. The van der Waals surface area contributed by atoms with Crippen LogP contribution in [0.4, 0.5) is 11.4 Å². The number of ether oxygens (including phenoxy) is 2. The topological polar surface area (TPSA) is 56.5 Å². The third kappa shape index (κ3) is 4.95. The van der Waals surface area contributed by atoms with Crippen LogP contribution in [0.25, 0.3) is 0 Å². The largest absolute Gasteiger partial charge is 0.492 e. The van der Waals surface area contributed by atoms with Gasteiger partial charge in [0, 0.05) is 31.5 Å². The Morgan fingerprint density at radius 3 is 2.76 bits per heavy atom. The van der Waals surface area contributed by atoms with Crippen LogP contribution in [0.5, 0.6) is 5.75 Å². The molecule has 96 valence electrons. The highest BCUT2D eigenvalue weighted by atomic mass is 16.5. The van der Waals surface area contributed by atoms with Crippen molar-refractivity contribution in [2.75, 3.05) is 37.4 Å². The predicted molar refractivity (Wildman–Crippen MR) is 71.6 cm³/mol. The van der Waals surface area contributed by atoms with Crippen LogP contribution in [0.3, 0.4) is 0 Å². The third-order valence-corrected chi connectivity index (χ3v) is 2.31. The summed E-state index contributed by atoms with van der Waals surface area (Å²) in [5.74, 6) is 0.738. The molecule has 0 atom stereocenters. The zero-order valence-corrected chi connectivity index (χ0v) is 10.7. The van der Waals surface area contributed by atoms with E-state index >= 15 is 0 Å². The molecule has 1 aromatic carbocycles. The van der Waals surface area contributed by atoms with Crippen LogP contribution in [0.1, 0.15) is 20.3 Å². The first-order valence-corrected chi connectivity index (χ1v) is 6.11. The lowest BCUT2D eigenvalue weighted by atomic mass is 10.2. The minimum atomic E-state index is 0.623. The van der Waals surface area contributed by atoms with Crippen molar-refractivity contribution in [1.82, 2.24) is 0 Å². The third-order valence-electron chi connectivity index (χ3n) is 2.31. The molecule has 17 heavy (non-hydrogen) atoms. The maximum atomic E-state index is 5.80. The number of anilines is 2. The summed E-state index contributed by atoms with van der Waals surface area (Å²) >= 11 is 0. The number of hydrogen-bond donors (Lipinski definition) is 2. The summed E-state index contributed by atoms with van der Waals surface area (Å²) in [7, 11) is 0. The first kappa shape index (κ1) is 13.6. The van der Waals surface area contributed by atoms with Gasteiger partial charge in [-0.25, -0.2) is 0 Å². The molecular formula is C13H22N2O2. The Labute approximate surface area is 103 Å². The van der Waals surface area contributed by atoms with Gasteiger partial charge in [0.05, 0.1) is 12.3 Å². The van der Waals surface area contributed by atoms with E-state index < -0.39 is 0 Å². The lowest BCUT2D eigenvalue weighted by Crippen LogP contribution is -2.06. The summed E-state index contributed by atoms with van der Waals surface area (Å²) in [5, 5.41) is 3.31. The summed E-state index contributed by atoms with van der Waals surface area (Å²) < 4.78 is 10.7. The van der Waals surface area contributed by atoms with Crippen LogP contribution >= 0.6 is 0 Å². The molecule has 1 aromatic rings. The molecule has 0 heterocycles. The van der Waals surface area contributed by atoms with E-state index in [0.717, 1.165) is 37.6 Å². The van der Waals surface area contributed by atoms with Gasteiger partial charge >= 0.3 is 0 Å². The normalized spacial score (nSPS) is 10.2. The summed E-state index contributed by atoms with van der Waals surface area (Å²) in [6.07, 6.45) is 0.988.